The van der Waals surface area contributed by atoms with Gasteiger partial charge in [0.2, 0.25) is 0 Å². The van der Waals surface area contributed by atoms with Crippen molar-refractivity contribution in [3.63, 3.8) is 0 Å². The van der Waals surface area contributed by atoms with E-state index in [0.29, 0.717) is 11.8 Å². The molecule has 6 N–H and O–H groups in total. The Morgan fingerprint density at radius 2 is 1.64 bits per heavy atom. The van der Waals surface area contributed by atoms with E-state index in [4.69, 9.17) is 24.2 Å². The first-order valence-electron chi connectivity index (χ1n) is 11.6. The van der Waals surface area contributed by atoms with Gasteiger partial charge in [-0.25, -0.2) is 13.6 Å². The number of aliphatic hydroxyl groups excluding tert-OH is 6. The van der Waals surface area contributed by atoms with Crippen molar-refractivity contribution in [3.8, 4) is 0 Å². The molecule has 3 heterocycles. The van der Waals surface area contributed by atoms with Gasteiger partial charge in [0.05, 0.1) is 42.9 Å². The molecular formula is C22H25F2N3O11S. The lowest BCUT2D eigenvalue weighted by atomic mass is 9.98. The van der Waals surface area contributed by atoms with Crippen LogP contribution in [-0.2, 0) is 20.8 Å². The Hall–Kier alpha value is -2.41. The van der Waals surface area contributed by atoms with Crippen LogP contribution < -0.4 is 5.63 Å². The van der Waals surface area contributed by atoms with Gasteiger partial charge < -0.3 is 49.3 Å². The second-order valence-electron chi connectivity index (χ2n) is 8.85. The molecule has 5 unspecified atom stereocenters. The lowest BCUT2D eigenvalue weighted by Gasteiger charge is -2.45. The molecule has 2 aliphatic heterocycles. The van der Waals surface area contributed by atoms with Crippen LogP contribution in [0.2, 0.25) is 0 Å². The minimum absolute atomic E-state index is 0.207. The highest BCUT2D eigenvalue weighted by atomic mass is 32.2. The molecule has 1 aromatic heterocycles. The topological polar surface area (TPSA) is 228 Å². The van der Waals surface area contributed by atoms with Gasteiger partial charge in [-0.1, -0.05) is 16.9 Å². The zero-order valence-electron chi connectivity index (χ0n) is 19.9. The summed E-state index contributed by atoms with van der Waals surface area (Å²) in [5, 5.41) is 64.6. The number of hydrogen-bond donors (Lipinski definition) is 6. The number of hydrogen-bond acceptors (Lipinski definition) is 13. The number of azide groups is 1. The molecule has 214 valence electrons. The van der Waals surface area contributed by atoms with Gasteiger partial charge in [-0.05, 0) is 23.7 Å². The van der Waals surface area contributed by atoms with Gasteiger partial charge in [-0.3, -0.25) is 0 Å². The lowest BCUT2D eigenvalue weighted by Crippen LogP contribution is -2.61. The SMILES string of the molecule is [N-]=[N+]=N[C@@H]1C(O)[C@H](SC2O[C@H](CO)C(O)C(OCc3cc4c(F)c(F)ccc4oc3=O)[C@H]2O)OC(CO)[C@@H]1O. The molecule has 0 radical (unpaired) electrons. The summed E-state index contributed by atoms with van der Waals surface area (Å²) >= 11 is 0.640. The highest BCUT2D eigenvalue weighted by Crippen LogP contribution is 2.38. The fourth-order valence-corrected chi connectivity index (χ4v) is 5.64. The van der Waals surface area contributed by atoms with E-state index in [9.17, 15) is 44.2 Å². The first-order valence-corrected chi connectivity index (χ1v) is 12.5. The number of ether oxygens (including phenoxy) is 3. The van der Waals surface area contributed by atoms with Crippen molar-refractivity contribution in [2.24, 2.45) is 5.11 Å². The number of thioether (sulfide) groups is 1. The van der Waals surface area contributed by atoms with E-state index in [2.05, 4.69) is 10.0 Å². The van der Waals surface area contributed by atoms with Crippen LogP contribution in [0.5, 0.6) is 0 Å². The number of benzene rings is 1. The summed E-state index contributed by atoms with van der Waals surface area (Å²) < 4.78 is 49.4. The number of rotatable bonds is 8. The Kier molecular flexibility index (Phi) is 9.41. The molecule has 0 aliphatic carbocycles. The van der Waals surface area contributed by atoms with E-state index in [1.54, 1.807) is 0 Å². The van der Waals surface area contributed by atoms with Crippen molar-refractivity contribution in [1.29, 1.82) is 0 Å². The fraction of sp³-hybridized carbons (Fsp3) is 0.591. The van der Waals surface area contributed by atoms with Crippen LogP contribution in [0, 0.1) is 11.6 Å². The summed E-state index contributed by atoms with van der Waals surface area (Å²) in [7, 11) is 0. The summed E-state index contributed by atoms with van der Waals surface area (Å²) in [6.45, 7) is -2.05. The second kappa shape index (κ2) is 12.4. The number of halogens is 2. The van der Waals surface area contributed by atoms with Crippen LogP contribution in [0.15, 0.2) is 32.5 Å². The van der Waals surface area contributed by atoms with Crippen LogP contribution in [0.25, 0.3) is 21.4 Å². The first kappa shape index (κ1) is 29.6. The van der Waals surface area contributed by atoms with Gasteiger partial charge in [0.1, 0.15) is 53.1 Å². The quantitative estimate of drug-likeness (QED) is 0.0985. The third kappa shape index (κ3) is 5.89. The highest BCUT2D eigenvalue weighted by molar-refractivity contribution is 8.00. The van der Waals surface area contributed by atoms with E-state index >= 15 is 0 Å². The summed E-state index contributed by atoms with van der Waals surface area (Å²) in [5.41, 5.74) is 4.70. The molecule has 1 aromatic carbocycles. The van der Waals surface area contributed by atoms with E-state index in [1.165, 1.54) is 0 Å². The fourth-order valence-electron chi connectivity index (χ4n) is 4.33. The maximum atomic E-state index is 14.2. The zero-order chi connectivity index (χ0) is 28.4. The van der Waals surface area contributed by atoms with Crippen LogP contribution >= 0.6 is 11.8 Å². The lowest BCUT2D eigenvalue weighted by molar-refractivity contribution is -0.224. The van der Waals surface area contributed by atoms with Gasteiger partial charge in [-0.2, -0.15) is 0 Å². The molecule has 0 spiro atoms. The smallest absolute Gasteiger partial charge is 0.341 e. The zero-order valence-corrected chi connectivity index (χ0v) is 20.7. The van der Waals surface area contributed by atoms with Gasteiger partial charge in [0.25, 0.3) is 0 Å². The molecule has 2 aliphatic rings. The predicted molar refractivity (Wildman–Crippen MR) is 127 cm³/mol. The van der Waals surface area contributed by atoms with Crippen molar-refractivity contribution in [2.45, 2.75) is 66.2 Å². The molecular weight excluding hydrogens is 552 g/mol. The number of aliphatic hydroxyl groups is 6. The Labute approximate surface area is 222 Å². The maximum Gasteiger partial charge on any atom is 0.341 e. The van der Waals surface area contributed by atoms with Gasteiger partial charge in [0, 0.05) is 4.91 Å². The minimum Gasteiger partial charge on any atom is -0.422 e. The van der Waals surface area contributed by atoms with Crippen LogP contribution in [0.4, 0.5) is 8.78 Å². The van der Waals surface area contributed by atoms with E-state index in [1.807, 2.05) is 0 Å². The van der Waals surface area contributed by atoms with Crippen molar-refractivity contribution in [2.75, 3.05) is 13.2 Å². The monoisotopic (exact) mass is 577 g/mol. The summed E-state index contributed by atoms with van der Waals surface area (Å²) in [6.07, 6.45) is -10.5. The van der Waals surface area contributed by atoms with Gasteiger partial charge in [0.15, 0.2) is 11.6 Å². The molecule has 0 amide bonds. The highest BCUT2D eigenvalue weighted by Gasteiger charge is 2.50. The molecule has 10 atom stereocenters. The standard InChI is InChI=1S/C22H25F2N3O11S/c23-9-1-2-10-8(13(9)24)3-7(20(34)36-10)6-35-19-16(31)12(5-29)38-22(18(19)33)39-21-17(32)14(26-27-25)15(30)11(4-28)37-21/h1-3,11-12,14-19,21-22,28-33H,4-6H2/t11?,12-,14+,15+,16?,17?,18-,19?,21+,22?/m1/s1. The van der Waals surface area contributed by atoms with Crippen molar-refractivity contribution in [3.05, 3.63) is 56.3 Å². The van der Waals surface area contributed by atoms with Gasteiger partial charge in [-0.15, -0.1) is 0 Å². The summed E-state index contributed by atoms with van der Waals surface area (Å²) in [6, 6.07) is 1.47. The normalized spacial score (nSPS) is 35.1. The van der Waals surface area contributed by atoms with Crippen LogP contribution in [0.3, 0.4) is 0 Å². The second-order valence-corrected chi connectivity index (χ2v) is 10.1. The summed E-state index contributed by atoms with van der Waals surface area (Å²) in [4.78, 5) is 14.9. The first-order chi connectivity index (χ1) is 18.6. The molecule has 14 nitrogen and oxygen atoms in total. The molecule has 4 rings (SSSR count). The van der Waals surface area contributed by atoms with Crippen molar-refractivity contribution in [1.82, 2.24) is 0 Å². The molecule has 2 fully saturated rings. The van der Waals surface area contributed by atoms with Crippen molar-refractivity contribution >= 4 is 22.7 Å². The third-order valence-electron chi connectivity index (χ3n) is 6.43. The van der Waals surface area contributed by atoms with E-state index < -0.39 is 96.7 Å². The van der Waals surface area contributed by atoms with Crippen LogP contribution in [0.1, 0.15) is 5.56 Å². The predicted octanol–water partition coefficient (Wildman–Crippen LogP) is -0.754. The average Bonchev–Trinajstić information content (AvgIpc) is 2.92. The molecule has 0 bridgehead atoms. The van der Waals surface area contributed by atoms with E-state index in [0.717, 1.165) is 18.2 Å². The number of fused-ring (bicyclic) bond motifs is 1. The average molecular weight is 578 g/mol. The molecule has 2 saturated heterocycles. The third-order valence-corrected chi connectivity index (χ3v) is 7.75. The Balaban J connectivity index is 1.54. The van der Waals surface area contributed by atoms with Crippen LogP contribution in [-0.4, -0.2) is 103 Å². The maximum absolute atomic E-state index is 14.2. The largest absolute Gasteiger partial charge is 0.422 e. The van der Waals surface area contributed by atoms with Crippen molar-refractivity contribution < 1.29 is 58.0 Å². The van der Waals surface area contributed by atoms with Gasteiger partial charge >= 0.3 is 5.63 Å². The minimum atomic E-state index is -1.68. The Bertz CT molecular complexity index is 1280. The molecule has 0 saturated carbocycles. The Morgan fingerprint density at radius 1 is 1.00 bits per heavy atom. The molecule has 2 aromatic rings. The number of nitrogens with zero attached hydrogens (tertiary/aromatic N) is 3. The molecule has 39 heavy (non-hydrogen) atoms. The summed E-state index contributed by atoms with van der Waals surface area (Å²) in [5.74, 6) is -2.42. The van der Waals surface area contributed by atoms with E-state index in [-0.39, 0.29) is 16.5 Å². The Morgan fingerprint density at radius 3 is 2.28 bits per heavy atom. The molecule has 17 heteroatoms.